The Labute approximate surface area is 351 Å². The van der Waals surface area contributed by atoms with Crippen molar-refractivity contribution in [2.24, 2.45) is 0 Å². The molecule has 0 N–H and O–H groups in total. The number of benzene rings is 3. The maximum absolute atomic E-state index is 6.47. The molecule has 3 aromatic heterocycles. The summed E-state index contributed by atoms with van der Waals surface area (Å²) in [6.07, 6.45) is 16.6. The van der Waals surface area contributed by atoms with Crippen LogP contribution in [0.15, 0.2) is 109 Å². The Morgan fingerprint density at radius 2 is 0.842 bits per heavy atom. The van der Waals surface area contributed by atoms with Gasteiger partial charge in [-0.2, -0.15) is 0 Å². The molecule has 0 spiro atoms. The molecule has 3 aliphatic heterocycles. The normalized spacial score (nSPS) is 15.0. The number of ether oxygens (including phenoxy) is 4. The van der Waals surface area contributed by atoms with E-state index in [-0.39, 0.29) is 20.1 Å². The zero-order valence-corrected chi connectivity index (χ0v) is 34.9. The van der Waals surface area contributed by atoms with Crippen LogP contribution in [0.25, 0.3) is 45.0 Å². The van der Waals surface area contributed by atoms with Crippen LogP contribution in [0.2, 0.25) is 0 Å². The second-order valence-corrected chi connectivity index (χ2v) is 14.1. The minimum absolute atomic E-state index is 0. The van der Waals surface area contributed by atoms with Crippen LogP contribution in [0.5, 0.6) is 23.0 Å². The van der Waals surface area contributed by atoms with Gasteiger partial charge in [0.05, 0.1) is 37.9 Å². The number of fused-ring (bicyclic) bond motifs is 2. The van der Waals surface area contributed by atoms with E-state index in [2.05, 4.69) is 28.2 Å². The maximum Gasteiger partial charge on any atom is 3.00 e. The summed E-state index contributed by atoms with van der Waals surface area (Å²) in [6.45, 7) is 2.60. The van der Waals surface area contributed by atoms with Gasteiger partial charge in [0.25, 0.3) is 0 Å². The minimum Gasteiger partial charge on any atom is -0.537 e. The van der Waals surface area contributed by atoms with E-state index >= 15 is 0 Å². The average molecular weight is 937 g/mol. The van der Waals surface area contributed by atoms with Gasteiger partial charge in [0.15, 0.2) is 0 Å². The molecule has 3 aliphatic rings. The summed E-state index contributed by atoms with van der Waals surface area (Å²) in [4.78, 5) is 14.2. The first-order chi connectivity index (χ1) is 27.8. The average Bonchev–Trinajstić information content (AvgIpc) is 3.25. The van der Waals surface area contributed by atoms with Crippen LogP contribution in [-0.4, -0.2) is 41.4 Å². The summed E-state index contributed by atoms with van der Waals surface area (Å²) in [5.74, 6) is 3.12. The Kier molecular flexibility index (Phi) is 16.5. The van der Waals surface area contributed by atoms with Crippen molar-refractivity contribution in [3.63, 3.8) is 0 Å². The van der Waals surface area contributed by atoms with Crippen LogP contribution in [0, 0.1) is 18.2 Å². The number of rotatable bonds is 2. The molecule has 6 heterocycles. The van der Waals surface area contributed by atoms with Crippen molar-refractivity contribution in [2.75, 3.05) is 26.4 Å². The van der Waals surface area contributed by atoms with Crippen molar-refractivity contribution < 1.29 is 39.1 Å². The molecule has 0 atom stereocenters. The Balaban J connectivity index is 0.00000549. The van der Waals surface area contributed by atoms with E-state index in [0.717, 1.165) is 145 Å². The number of hydrogen-bond donors (Lipinski definition) is 0. The van der Waals surface area contributed by atoms with Gasteiger partial charge in [-0.05, 0) is 55.3 Å². The van der Waals surface area contributed by atoms with Crippen LogP contribution < -0.4 is 18.9 Å². The number of hydrogen-bond acceptors (Lipinski definition) is 7. The van der Waals surface area contributed by atoms with E-state index in [0.29, 0.717) is 26.4 Å². The van der Waals surface area contributed by atoms with Crippen molar-refractivity contribution in [1.82, 2.24) is 15.0 Å². The van der Waals surface area contributed by atoms with Crippen LogP contribution in [0.4, 0.5) is 0 Å². The molecule has 9 rings (SSSR count). The second-order valence-electron chi connectivity index (χ2n) is 14.1. The van der Waals surface area contributed by atoms with Gasteiger partial charge < -0.3 is 23.9 Å². The summed E-state index contributed by atoms with van der Waals surface area (Å²) < 4.78 is 25.0. The van der Waals surface area contributed by atoms with Gasteiger partial charge in [-0.25, -0.2) is 0 Å². The monoisotopic (exact) mass is 937 g/mol. The molecule has 0 aliphatic carbocycles. The molecule has 8 heteroatoms. The first kappa shape index (κ1) is 41.6. The first-order valence-corrected chi connectivity index (χ1v) is 20.3. The van der Waals surface area contributed by atoms with E-state index in [1.165, 1.54) is 0 Å². The topological polar surface area (TPSA) is 75.6 Å². The maximum atomic E-state index is 6.47. The quantitative estimate of drug-likeness (QED) is 0.160. The smallest absolute Gasteiger partial charge is 0.537 e. The zero-order chi connectivity index (χ0) is 38.0. The van der Waals surface area contributed by atoms with Crippen LogP contribution in [0.1, 0.15) is 77.0 Å². The molecular weight excluding hydrogens is 887 g/mol. The fraction of sp³-hybridized carbons (Fsp3) is 0.327. The van der Waals surface area contributed by atoms with E-state index in [4.69, 9.17) is 23.9 Å². The van der Waals surface area contributed by atoms with E-state index in [1.54, 1.807) is 12.4 Å². The Hall–Kier alpha value is -5.04. The van der Waals surface area contributed by atoms with Gasteiger partial charge in [-0.1, -0.05) is 105 Å². The fourth-order valence-corrected chi connectivity index (χ4v) is 6.76. The van der Waals surface area contributed by atoms with Gasteiger partial charge in [-0.3, -0.25) is 9.97 Å². The van der Waals surface area contributed by atoms with Gasteiger partial charge in [0.2, 0.25) is 0 Å². The second kappa shape index (κ2) is 22.6. The van der Waals surface area contributed by atoms with E-state index in [9.17, 15) is 0 Å². The molecule has 0 fully saturated rings. The molecular formula is C49H50IrN3O4. The van der Waals surface area contributed by atoms with Crippen LogP contribution in [-0.2, 0) is 20.1 Å². The van der Waals surface area contributed by atoms with E-state index in [1.807, 2.05) is 97.1 Å². The number of pyridine rings is 3. The molecule has 294 valence electrons. The molecule has 3 aromatic carbocycles. The number of nitrogens with zero attached hydrogens (tertiary/aromatic N) is 3. The fourth-order valence-electron chi connectivity index (χ4n) is 6.76. The summed E-state index contributed by atoms with van der Waals surface area (Å²) in [5.41, 5.74) is 6.86. The van der Waals surface area contributed by atoms with E-state index < -0.39 is 0 Å². The molecule has 8 bridgehead atoms. The zero-order valence-electron chi connectivity index (χ0n) is 32.5. The molecule has 7 nitrogen and oxygen atoms in total. The molecule has 57 heavy (non-hydrogen) atoms. The van der Waals surface area contributed by atoms with Gasteiger partial charge in [0, 0.05) is 35.3 Å². The predicted molar refractivity (Wildman–Crippen MR) is 222 cm³/mol. The van der Waals surface area contributed by atoms with Crippen molar-refractivity contribution in [2.45, 2.75) is 77.0 Å². The number of aromatic nitrogens is 3. The van der Waals surface area contributed by atoms with Gasteiger partial charge >= 0.3 is 20.1 Å². The molecule has 0 saturated carbocycles. The third-order valence-corrected chi connectivity index (χ3v) is 9.85. The van der Waals surface area contributed by atoms with Crippen LogP contribution >= 0.6 is 0 Å². The third kappa shape index (κ3) is 12.5. The van der Waals surface area contributed by atoms with Crippen LogP contribution in [0.3, 0.4) is 0 Å². The van der Waals surface area contributed by atoms with Crippen molar-refractivity contribution in [3.8, 4) is 68.0 Å². The Bertz CT molecular complexity index is 1920. The Morgan fingerprint density at radius 1 is 0.421 bits per heavy atom. The summed E-state index contributed by atoms with van der Waals surface area (Å²) in [5, 5.41) is 0. The molecule has 0 amide bonds. The molecule has 6 aromatic rings. The largest absolute Gasteiger partial charge is 3.00 e. The minimum atomic E-state index is 0. The molecule has 0 saturated heterocycles. The summed E-state index contributed by atoms with van der Waals surface area (Å²) in [7, 11) is 0. The predicted octanol–water partition coefficient (Wildman–Crippen LogP) is 11.8. The molecule has 0 unspecified atom stereocenters. The SMILES string of the molecule is [Ir+3].[c-]1cc2ccc1-c1cccc(n1)-c1[c-]cc(cc1)OCCCCCCCCOc1cc(c(-c3ccccn3)[c-]c1-c1ccccn1)OCCCCCCCCO2. The third-order valence-electron chi connectivity index (χ3n) is 9.85. The van der Waals surface area contributed by atoms with Crippen molar-refractivity contribution in [1.29, 1.82) is 0 Å². The van der Waals surface area contributed by atoms with Crippen molar-refractivity contribution >= 4 is 0 Å². The Morgan fingerprint density at radius 3 is 1.25 bits per heavy atom. The van der Waals surface area contributed by atoms with Gasteiger partial charge in [0.1, 0.15) is 0 Å². The van der Waals surface area contributed by atoms with Crippen molar-refractivity contribution in [3.05, 3.63) is 128 Å². The standard InChI is InChI=1S/C49H50N3O4.Ir/c1-3-7-15-34-55-48-37-49(43(47-19-10-12-31-51-47)36-42(48)46-18-9-11-30-50-46)56-35-16-8-4-2-6-14-33-54-41-28-24-39(25-29-41)45-21-17-20-44(52-45)38-22-26-40(27-23-38)53-32-13-5-1;/h9-12,17-22,24,26-31,37H,1-8,13-16,32-35H2;/q-3;+3. The first-order valence-electron chi connectivity index (χ1n) is 20.3. The summed E-state index contributed by atoms with van der Waals surface area (Å²) >= 11 is 0. The molecule has 0 radical (unpaired) electrons. The van der Waals surface area contributed by atoms with Gasteiger partial charge in [-0.15, -0.1) is 65.7 Å². The summed E-state index contributed by atoms with van der Waals surface area (Å²) in [6, 6.07) is 42.1.